The molecule has 134 valence electrons. The lowest BCUT2D eigenvalue weighted by Crippen LogP contribution is -2.04. The molecule has 0 saturated heterocycles. The van der Waals surface area contributed by atoms with Gasteiger partial charge in [-0.15, -0.1) is 10.2 Å². The molecule has 0 fully saturated rings. The smallest absolute Gasteiger partial charge is 0.196 e. The Balaban J connectivity index is 1.66. The van der Waals surface area contributed by atoms with E-state index >= 15 is 0 Å². The molecule has 4 aromatic rings. The molecule has 27 heavy (non-hydrogen) atoms. The molecule has 2 aromatic carbocycles. The van der Waals surface area contributed by atoms with E-state index in [0.29, 0.717) is 11.6 Å². The van der Waals surface area contributed by atoms with Crippen molar-refractivity contribution < 1.29 is 5.11 Å². The Kier molecular flexibility index (Phi) is 5.27. The van der Waals surface area contributed by atoms with Gasteiger partial charge in [-0.3, -0.25) is 9.55 Å². The summed E-state index contributed by atoms with van der Waals surface area (Å²) in [6.45, 7) is 0. The van der Waals surface area contributed by atoms with Gasteiger partial charge in [0.15, 0.2) is 11.0 Å². The van der Waals surface area contributed by atoms with E-state index in [1.54, 1.807) is 6.20 Å². The molecule has 1 N–H and O–H groups in total. The number of aliphatic hydroxyl groups excluding tert-OH is 1. The van der Waals surface area contributed by atoms with Gasteiger partial charge in [-0.25, -0.2) is 0 Å². The lowest BCUT2D eigenvalue weighted by molar-refractivity contribution is 0.204. The van der Waals surface area contributed by atoms with Gasteiger partial charge in [-0.05, 0) is 29.8 Å². The second kappa shape index (κ2) is 8.16. The second-order valence-corrected chi connectivity index (χ2v) is 6.92. The Morgan fingerprint density at radius 3 is 2.26 bits per heavy atom. The topological polar surface area (TPSA) is 63.8 Å². The van der Waals surface area contributed by atoms with E-state index in [2.05, 4.69) is 15.2 Å². The fraction of sp³-hybridized carbons (Fsp3) is 0.0952. The molecule has 1 atom stereocenters. The molecule has 0 bridgehead atoms. The molecule has 5 nitrogen and oxygen atoms in total. The molecule has 2 aromatic heterocycles. The minimum atomic E-state index is -0.574. The zero-order chi connectivity index (χ0) is 18.5. The number of benzene rings is 2. The van der Waals surface area contributed by atoms with Crippen molar-refractivity contribution in [3.8, 4) is 17.2 Å². The minimum absolute atomic E-state index is 0.483. The molecule has 0 spiro atoms. The van der Waals surface area contributed by atoms with E-state index in [4.69, 9.17) is 0 Å². The molecule has 4 rings (SSSR count). The number of hydrogen-bond acceptors (Lipinski definition) is 5. The molecule has 0 aliphatic carbocycles. The largest absolute Gasteiger partial charge is 0.388 e. The molecule has 2 heterocycles. The van der Waals surface area contributed by atoms with Crippen LogP contribution in [0.15, 0.2) is 90.2 Å². The first-order valence-electron chi connectivity index (χ1n) is 8.61. The summed E-state index contributed by atoms with van der Waals surface area (Å²) in [5, 5.41) is 19.9. The predicted octanol–water partition coefficient (Wildman–Crippen LogP) is 4.16. The minimum Gasteiger partial charge on any atom is -0.388 e. The number of aliphatic hydroxyl groups is 1. The Labute approximate surface area is 161 Å². The van der Waals surface area contributed by atoms with Crippen molar-refractivity contribution in [1.82, 2.24) is 19.7 Å². The lowest BCUT2D eigenvalue weighted by Gasteiger charge is -2.12. The highest BCUT2D eigenvalue weighted by Crippen LogP contribution is 2.29. The number of thioether (sulfide) groups is 1. The van der Waals surface area contributed by atoms with Gasteiger partial charge in [-0.2, -0.15) is 0 Å². The Morgan fingerprint density at radius 2 is 1.56 bits per heavy atom. The van der Waals surface area contributed by atoms with Crippen LogP contribution in [0.4, 0.5) is 0 Å². The molecule has 0 saturated carbocycles. The molecule has 6 heteroatoms. The van der Waals surface area contributed by atoms with Gasteiger partial charge in [0.1, 0.15) is 5.69 Å². The van der Waals surface area contributed by atoms with E-state index in [9.17, 15) is 5.11 Å². The van der Waals surface area contributed by atoms with E-state index in [1.165, 1.54) is 11.8 Å². The summed E-state index contributed by atoms with van der Waals surface area (Å²) in [5.74, 6) is 1.16. The van der Waals surface area contributed by atoms with Crippen LogP contribution in [0.2, 0.25) is 0 Å². The second-order valence-electron chi connectivity index (χ2n) is 5.93. The standard InChI is InChI=1S/C21H18N4OS/c26-19(16-9-3-1-4-10-16)15-27-21-24-23-20(18-13-7-8-14-22-18)25(21)17-11-5-2-6-12-17/h1-14,19,26H,15H2/t19-/m1/s1. The van der Waals surface area contributed by atoms with Gasteiger partial charge < -0.3 is 5.11 Å². The van der Waals surface area contributed by atoms with Crippen LogP contribution in [0, 0.1) is 0 Å². The lowest BCUT2D eigenvalue weighted by atomic mass is 10.1. The quantitative estimate of drug-likeness (QED) is 0.514. The van der Waals surface area contributed by atoms with Crippen LogP contribution < -0.4 is 0 Å². The molecular weight excluding hydrogens is 356 g/mol. The van der Waals surface area contributed by atoms with Gasteiger partial charge >= 0.3 is 0 Å². The first-order chi connectivity index (χ1) is 13.3. The van der Waals surface area contributed by atoms with E-state index in [0.717, 1.165) is 22.1 Å². The van der Waals surface area contributed by atoms with Crippen molar-refractivity contribution in [3.05, 3.63) is 90.6 Å². The maximum absolute atomic E-state index is 10.5. The molecule has 0 aliphatic heterocycles. The maximum atomic E-state index is 10.5. The molecule has 0 radical (unpaired) electrons. The number of rotatable bonds is 6. The van der Waals surface area contributed by atoms with Gasteiger partial charge in [0.2, 0.25) is 0 Å². The van der Waals surface area contributed by atoms with Crippen LogP contribution in [-0.4, -0.2) is 30.6 Å². The summed E-state index contributed by atoms with van der Waals surface area (Å²) < 4.78 is 1.98. The van der Waals surface area contributed by atoms with Crippen molar-refractivity contribution in [2.24, 2.45) is 0 Å². The van der Waals surface area contributed by atoms with Crippen LogP contribution in [-0.2, 0) is 0 Å². The van der Waals surface area contributed by atoms with Crippen molar-refractivity contribution in [2.75, 3.05) is 5.75 Å². The van der Waals surface area contributed by atoms with Crippen molar-refractivity contribution >= 4 is 11.8 Å². The van der Waals surface area contributed by atoms with Crippen molar-refractivity contribution in [2.45, 2.75) is 11.3 Å². The number of nitrogens with zero attached hydrogens (tertiary/aromatic N) is 4. The number of pyridine rings is 1. The zero-order valence-electron chi connectivity index (χ0n) is 14.5. The average Bonchev–Trinajstić information content (AvgIpc) is 3.18. The van der Waals surface area contributed by atoms with Crippen LogP contribution in [0.3, 0.4) is 0 Å². The fourth-order valence-electron chi connectivity index (χ4n) is 2.76. The Morgan fingerprint density at radius 1 is 0.852 bits per heavy atom. The highest BCUT2D eigenvalue weighted by molar-refractivity contribution is 7.99. The first-order valence-corrected chi connectivity index (χ1v) is 9.59. The van der Waals surface area contributed by atoms with Gasteiger partial charge in [0.05, 0.1) is 6.10 Å². The maximum Gasteiger partial charge on any atom is 0.196 e. The van der Waals surface area contributed by atoms with E-state index in [-0.39, 0.29) is 0 Å². The van der Waals surface area contributed by atoms with Crippen LogP contribution in [0.5, 0.6) is 0 Å². The van der Waals surface area contributed by atoms with Crippen LogP contribution in [0.25, 0.3) is 17.2 Å². The predicted molar refractivity (Wildman–Crippen MR) is 107 cm³/mol. The fourth-order valence-corrected chi connectivity index (χ4v) is 3.68. The SMILES string of the molecule is O[C@H](CSc1nnc(-c2ccccn2)n1-c1ccccc1)c1ccccc1. The van der Waals surface area contributed by atoms with Gasteiger partial charge in [0.25, 0.3) is 0 Å². The number of aromatic nitrogens is 4. The molecule has 0 aliphatic rings. The monoisotopic (exact) mass is 374 g/mol. The zero-order valence-corrected chi connectivity index (χ0v) is 15.3. The van der Waals surface area contributed by atoms with E-state index < -0.39 is 6.10 Å². The average molecular weight is 374 g/mol. The summed E-state index contributed by atoms with van der Waals surface area (Å²) in [7, 11) is 0. The van der Waals surface area contributed by atoms with E-state index in [1.807, 2.05) is 83.4 Å². The molecule has 0 amide bonds. The molecule has 0 unspecified atom stereocenters. The molecular formula is C21H18N4OS. The summed E-state index contributed by atoms with van der Waals surface area (Å²) in [5.41, 5.74) is 2.60. The third-order valence-corrected chi connectivity index (χ3v) is 5.10. The van der Waals surface area contributed by atoms with Crippen molar-refractivity contribution in [1.29, 1.82) is 0 Å². The van der Waals surface area contributed by atoms with Crippen LogP contribution >= 0.6 is 11.8 Å². The highest BCUT2D eigenvalue weighted by atomic mass is 32.2. The third kappa shape index (κ3) is 3.92. The summed E-state index contributed by atoms with van der Waals surface area (Å²) >= 11 is 1.47. The van der Waals surface area contributed by atoms with Gasteiger partial charge in [0, 0.05) is 17.6 Å². The normalized spacial score (nSPS) is 12.0. The third-order valence-electron chi connectivity index (χ3n) is 4.10. The van der Waals surface area contributed by atoms with Gasteiger partial charge in [-0.1, -0.05) is 66.4 Å². The van der Waals surface area contributed by atoms with Crippen molar-refractivity contribution in [3.63, 3.8) is 0 Å². The first kappa shape index (κ1) is 17.5. The Bertz CT molecular complexity index is 991. The Hall–Kier alpha value is -2.96. The number of hydrogen-bond donors (Lipinski definition) is 1. The highest BCUT2D eigenvalue weighted by Gasteiger charge is 2.18. The summed E-state index contributed by atoms with van der Waals surface area (Å²) in [4.78, 5) is 4.41. The summed E-state index contributed by atoms with van der Waals surface area (Å²) in [6.07, 6.45) is 1.17. The number of para-hydroxylation sites is 1. The summed E-state index contributed by atoms with van der Waals surface area (Å²) in [6, 6.07) is 25.3. The van der Waals surface area contributed by atoms with Crippen LogP contribution in [0.1, 0.15) is 11.7 Å².